The van der Waals surface area contributed by atoms with Crippen molar-refractivity contribution < 1.29 is 4.79 Å². The molecule has 0 saturated carbocycles. The molecule has 0 aliphatic carbocycles. The number of aromatic nitrogens is 1. The minimum absolute atomic E-state index is 0.0216. The number of nitrogens with zero attached hydrogens (tertiary/aromatic N) is 1. The largest absolute Gasteiger partial charge is 0.341 e. The molecule has 28 heavy (non-hydrogen) atoms. The van der Waals surface area contributed by atoms with Gasteiger partial charge in [0.1, 0.15) is 0 Å². The fraction of sp³-hybridized carbons (Fsp3) is 0.208. The average molecular weight is 371 g/mol. The number of fused-ring (bicyclic) bond motifs is 3. The van der Waals surface area contributed by atoms with Crippen molar-refractivity contribution in [1.82, 2.24) is 9.88 Å². The molecule has 0 saturated heterocycles. The van der Waals surface area contributed by atoms with Gasteiger partial charge in [0.2, 0.25) is 5.91 Å². The highest BCUT2D eigenvalue weighted by molar-refractivity contribution is 6.09. The van der Waals surface area contributed by atoms with E-state index in [1.807, 2.05) is 24.3 Å². The quantitative estimate of drug-likeness (QED) is 0.467. The second-order valence-electron chi connectivity index (χ2n) is 6.95. The molecule has 0 fully saturated rings. The molecule has 4 rings (SSSR count). The fourth-order valence-corrected chi connectivity index (χ4v) is 3.76. The van der Waals surface area contributed by atoms with Crippen molar-refractivity contribution in [2.75, 3.05) is 18.4 Å². The van der Waals surface area contributed by atoms with Crippen molar-refractivity contribution >= 4 is 33.4 Å². The Balaban J connectivity index is 1.42. The highest BCUT2D eigenvalue weighted by atomic mass is 16.1. The molecule has 0 aliphatic rings. The molecule has 0 spiro atoms. The van der Waals surface area contributed by atoms with Crippen LogP contribution in [0.4, 0.5) is 5.69 Å². The Morgan fingerprint density at radius 1 is 0.893 bits per heavy atom. The van der Waals surface area contributed by atoms with E-state index in [9.17, 15) is 4.79 Å². The molecule has 142 valence electrons. The molecule has 1 aromatic heterocycles. The summed E-state index contributed by atoms with van der Waals surface area (Å²) in [6.07, 6.45) is 0.913. The molecule has 0 bridgehead atoms. The molecule has 3 aromatic carbocycles. The summed E-state index contributed by atoms with van der Waals surface area (Å²) in [5.74, 6) is -0.0216. The predicted molar refractivity (Wildman–Crippen MR) is 117 cm³/mol. The number of aryl methyl sites for hydroxylation is 1. The van der Waals surface area contributed by atoms with Gasteiger partial charge in [0.15, 0.2) is 0 Å². The summed E-state index contributed by atoms with van der Waals surface area (Å²) < 4.78 is 2.31. The molecule has 0 atom stereocenters. The van der Waals surface area contributed by atoms with Crippen LogP contribution in [0.25, 0.3) is 21.8 Å². The smallest absolute Gasteiger partial charge is 0.238 e. The lowest BCUT2D eigenvalue weighted by Crippen LogP contribution is -2.29. The Bertz CT molecular complexity index is 1100. The maximum atomic E-state index is 12.3. The maximum Gasteiger partial charge on any atom is 0.238 e. The van der Waals surface area contributed by atoms with Crippen LogP contribution in [-0.4, -0.2) is 23.6 Å². The molecule has 4 aromatic rings. The highest BCUT2D eigenvalue weighted by Gasteiger charge is 2.10. The minimum Gasteiger partial charge on any atom is -0.341 e. The molecule has 0 radical (unpaired) electrons. The lowest BCUT2D eigenvalue weighted by Gasteiger charge is -2.08. The van der Waals surface area contributed by atoms with Gasteiger partial charge >= 0.3 is 0 Å². The Morgan fingerprint density at radius 2 is 1.64 bits per heavy atom. The van der Waals surface area contributed by atoms with Crippen molar-refractivity contribution in [2.24, 2.45) is 0 Å². The van der Waals surface area contributed by atoms with Crippen molar-refractivity contribution in [2.45, 2.75) is 19.9 Å². The van der Waals surface area contributed by atoms with Crippen LogP contribution >= 0.6 is 0 Å². The van der Waals surface area contributed by atoms with E-state index in [1.165, 1.54) is 27.4 Å². The van der Waals surface area contributed by atoms with E-state index in [2.05, 4.69) is 70.7 Å². The zero-order valence-corrected chi connectivity index (χ0v) is 16.1. The second-order valence-corrected chi connectivity index (χ2v) is 6.95. The Kier molecular flexibility index (Phi) is 5.40. The number of carbonyl (C=O) groups excluding carboxylic acids is 1. The predicted octanol–water partition coefficient (Wildman–Crippen LogP) is 4.59. The number of carbonyl (C=O) groups is 1. The lowest BCUT2D eigenvalue weighted by molar-refractivity contribution is -0.115. The third kappa shape index (κ3) is 3.78. The van der Waals surface area contributed by atoms with Crippen LogP contribution < -0.4 is 10.6 Å². The summed E-state index contributed by atoms with van der Waals surface area (Å²) in [5.41, 5.74) is 4.53. The highest BCUT2D eigenvalue weighted by Crippen LogP contribution is 2.30. The van der Waals surface area contributed by atoms with Gasteiger partial charge in [-0.2, -0.15) is 0 Å². The third-order valence-electron chi connectivity index (χ3n) is 5.09. The Labute approximate surface area is 165 Å². The number of anilines is 1. The number of rotatable bonds is 7. The van der Waals surface area contributed by atoms with Crippen molar-refractivity contribution in [3.8, 4) is 0 Å². The minimum atomic E-state index is -0.0216. The van der Waals surface area contributed by atoms with Gasteiger partial charge in [-0.3, -0.25) is 4.79 Å². The average Bonchev–Trinajstić information content (AvgIpc) is 3.05. The van der Waals surface area contributed by atoms with Crippen molar-refractivity contribution in [3.05, 3.63) is 78.4 Å². The van der Waals surface area contributed by atoms with Crippen molar-refractivity contribution in [3.63, 3.8) is 0 Å². The van der Waals surface area contributed by atoms with Gasteiger partial charge in [-0.1, -0.05) is 48.5 Å². The number of amides is 1. The number of para-hydroxylation sites is 1. The zero-order valence-electron chi connectivity index (χ0n) is 16.1. The number of hydrogen-bond acceptors (Lipinski definition) is 2. The van der Waals surface area contributed by atoms with Gasteiger partial charge in [0.25, 0.3) is 0 Å². The number of benzene rings is 3. The van der Waals surface area contributed by atoms with Crippen LogP contribution in [0.3, 0.4) is 0 Å². The molecule has 0 aliphatic heterocycles. The number of nitrogens with one attached hydrogen (secondary N) is 2. The van der Waals surface area contributed by atoms with Crippen LogP contribution in [0, 0.1) is 0 Å². The standard InChI is InChI=1S/C24H25N3O/c1-2-27-22-11-7-6-10-20(22)21-16-19(12-13-23(21)27)26-24(28)17-25-15-14-18-8-4-3-5-9-18/h3-13,16,25H,2,14-15,17H2,1H3,(H,26,28). The van der Waals surface area contributed by atoms with Crippen molar-refractivity contribution in [1.29, 1.82) is 0 Å². The van der Waals surface area contributed by atoms with E-state index in [4.69, 9.17) is 0 Å². The van der Waals surface area contributed by atoms with E-state index >= 15 is 0 Å². The molecular weight excluding hydrogens is 346 g/mol. The lowest BCUT2D eigenvalue weighted by atomic mass is 10.1. The van der Waals surface area contributed by atoms with Gasteiger partial charge in [-0.05, 0) is 49.7 Å². The Morgan fingerprint density at radius 3 is 2.46 bits per heavy atom. The van der Waals surface area contributed by atoms with Crippen LogP contribution in [0.1, 0.15) is 12.5 Å². The summed E-state index contributed by atoms with van der Waals surface area (Å²) in [6, 6.07) is 24.8. The molecule has 4 nitrogen and oxygen atoms in total. The summed E-state index contributed by atoms with van der Waals surface area (Å²) in [6.45, 7) is 4.16. The van der Waals surface area contributed by atoms with Crippen LogP contribution in [-0.2, 0) is 17.8 Å². The summed E-state index contributed by atoms with van der Waals surface area (Å²) >= 11 is 0. The summed E-state index contributed by atoms with van der Waals surface area (Å²) in [7, 11) is 0. The molecule has 4 heteroatoms. The van der Waals surface area contributed by atoms with Crippen LogP contribution in [0.2, 0.25) is 0 Å². The first-order valence-corrected chi connectivity index (χ1v) is 9.81. The summed E-state index contributed by atoms with van der Waals surface area (Å²) in [5, 5.41) is 8.62. The molecule has 0 unspecified atom stereocenters. The normalized spacial score (nSPS) is 11.2. The molecule has 1 amide bonds. The third-order valence-corrected chi connectivity index (χ3v) is 5.09. The van der Waals surface area contributed by atoms with Crippen LogP contribution in [0.5, 0.6) is 0 Å². The fourth-order valence-electron chi connectivity index (χ4n) is 3.76. The van der Waals surface area contributed by atoms with Gasteiger partial charge in [-0.25, -0.2) is 0 Å². The van der Waals surface area contributed by atoms with E-state index in [0.29, 0.717) is 6.54 Å². The van der Waals surface area contributed by atoms with Gasteiger partial charge in [-0.15, -0.1) is 0 Å². The SMILES string of the molecule is CCn1c2ccccc2c2cc(NC(=O)CNCCc3ccccc3)ccc21. The maximum absolute atomic E-state index is 12.3. The zero-order chi connectivity index (χ0) is 19.3. The first-order chi connectivity index (χ1) is 13.8. The van der Waals surface area contributed by atoms with Gasteiger partial charge in [0, 0.05) is 34.0 Å². The van der Waals surface area contributed by atoms with Crippen LogP contribution in [0.15, 0.2) is 72.8 Å². The molecular formula is C24H25N3O. The monoisotopic (exact) mass is 371 g/mol. The summed E-state index contributed by atoms with van der Waals surface area (Å²) in [4.78, 5) is 12.3. The van der Waals surface area contributed by atoms with E-state index in [0.717, 1.165) is 25.2 Å². The Hall–Kier alpha value is -3.11. The van der Waals surface area contributed by atoms with E-state index < -0.39 is 0 Å². The molecule has 2 N–H and O–H groups in total. The first-order valence-electron chi connectivity index (χ1n) is 9.81. The molecule has 1 heterocycles. The number of hydrogen-bond donors (Lipinski definition) is 2. The second kappa shape index (κ2) is 8.28. The topological polar surface area (TPSA) is 46.1 Å². The van der Waals surface area contributed by atoms with E-state index in [-0.39, 0.29) is 5.91 Å². The van der Waals surface area contributed by atoms with Gasteiger partial charge in [0.05, 0.1) is 6.54 Å². The van der Waals surface area contributed by atoms with E-state index in [1.54, 1.807) is 0 Å². The first kappa shape index (κ1) is 18.3. The van der Waals surface area contributed by atoms with Gasteiger partial charge < -0.3 is 15.2 Å².